The molecule has 0 saturated heterocycles. The van der Waals surface area contributed by atoms with Crippen LogP contribution in [-0.2, 0) is 22.7 Å². The van der Waals surface area contributed by atoms with E-state index in [9.17, 15) is 36.2 Å². The van der Waals surface area contributed by atoms with Crippen LogP contribution in [0.25, 0.3) is 0 Å². The quantitative estimate of drug-likeness (QED) is 0.731. The fraction of sp³-hybridized carbons (Fsp3) is 0.235. The molecule has 2 aromatic rings. The van der Waals surface area contributed by atoms with Gasteiger partial charge < -0.3 is 14.9 Å². The predicted molar refractivity (Wildman–Crippen MR) is 80.2 cm³/mol. The number of ether oxygens (including phenoxy) is 1. The molecule has 0 bridgehead atoms. The molecule has 1 atom stereocenters. The van der Waals surface area contributed by atoms with Gasteiger partial charge in [0.15, 0.2) is 5.60 Å². The largest absolute Gasteiger partial charge is 0.479 e. The Morgan fingerprint density at radius 3 is 1.81 bits per heavy atom. The van der Waals surface area contributed by atoms with Gasteiger partial charge in [0.05, 0.1) is 11.1 Å². The minimum Gasteiger partial charge on any atom is -0.479 e. The van der Waals surface area contributed by atoms with Crippen LogP contribution in [0.1, 0.15) is 23.6 Å². The van der Waals surface area contributed by atoms with E-state index >= 15 is 0 Å². The number of hydrogen-bond acceptors (Lipinski definition) is 3. The Balaban J connectivity index is 2.41. The summed E-state index contributed by atoms with van der Waals surface area (Å²) < 4.78 is 82.4. The Labute approximate surface area is 148 Å². The first-order valence-corrected chi connectivity index (χ1v) is 7.25. The summed E-state index contributed by atoms with van der Waals surface area (Å²) in [6.45, 7) is 0.691. The molecule has 146 valence electrons. The van der Waals surface area contributed by atoms with Crippen LogP contribution in [0.3, 0.4) is 0 Å². The molecule has 0 aliphatic rings. The standard InChI is InChI=1S/C17H12F6O4/c1-15(26,14(24)25)12-7-6-11(8-13(12)17(21,22)23)27-10-4-2-9(3-5-10)16(18,19)20/h2-8,26H,1H3,(H,24,25). The Hall–Kier alpha value is -2.75. The molecule has 0 heterocycles. The number of halogens is 6. The van der Waals surface area contributed by atoms with Gasteiger partial charge in [-0.05, 0) is 43.3 Å². The molecule has 10 heteroatoms. The summed E-state index contributed by atoms with van der Waals surface area (Å²) in [5.41, 5.74) is -6.11. The number of aliphatic carboxylic acids is 1. The Morgan fingerprint density at radius 1 is 0.852 bits per heavy atom. The number of aliphatic hydroxyl groups is 1. The zero-order valence-electron chi connectivity index (χ0n) is 13.5. The highest BCUT2D eigenvalue weighted by molar-refractivity contribution is 5.79. The van der Waals surface area contributed by atoms with Crippen molar-refractivity contribution in [1.29, 1.82) is 0 Å². The van der Waals surface area contributed by atoms with Gasteiger partial charge in [-0.25, -0.2) is 4.79 Å². The van der Waals surface area contributed by atoms with Gasteiger partial charge in [-0.1, -0.05) is 6.07 Å². The maximum Gasteiger partial charge on any atom is 0.416 e. The zero-order valence-corrected chi connectivity index (χ0v) is 13.5. The summed E-state index contributed by atoms with van der Waals surface area (Å²) in [4.78, 5) is 11.0. The topological polar surface area (TPSA) is 66.8 Å². The first kappa shape index (κ1) is 20.6. The van der Waals surface area contributed by atoms with E-state index < -0.39 is 46.4 Å². The van der Waals surface area contributed by atoms with Crippen LogP contribution >= 0.6 is 0 Å². The highest BCUT2D eigenvalue weighted by Gasteiger charge is 2.42. The lowest BCUT2D eigenvalue weighted by molar-refractivity contribution is -0.160. The number of alkyl halides is 6. The van der Waals surface area contributed by atoms with Crippen molar-refractivity contribution in [2.45, 2.75) is 24.9 Å². The lowest BCUT2D eigenvalue weighted by Crippen LogP contribution is -2.34. The van der Waals surface area contributed by atoms with Crippen LogP contribution in [0.15, 0.2) is 42.5 Å². The highest BCUT2D eigenvalue weighted by Crippen LogP contribution is 2.40. The number of hydrogen-bond donors (Lipinski definition) is 2. The van der Waals surface area contributed by atoms with Crippen molar-refractivity contribution in [1.82, 2.24) is 0 Å². The van der Waals surface area contributed by atoms with E-state index in [2.05, 4.69) is 0 Å². The fourth-order valence-electron chi connectivity index (χ4n) is 2.21. The van der Waals surface area contributed by atoms with Crippen LogP contribution in [0.2, 0.25) is 0 Å². The Morgan fingerprint density at radius 2 is 1.37 bits per heavy atom. The van der Waals surface area contributed by atoms with E-state index in [-0.39, 0.29) is 5.75 Å². The third-order valence-electron chi connectivity index (χ3n) is 3.65. The van der Waals surface area contributed by atoms with E-state index in [4.69, 9.17) is 9.84 Å². The van der Waals surface area contributed by atoms with E-state index in [0.29, 0.717) is 25.1 Å². The monoisotopic (exact) mass is 394 g/mol. The predicted octanol–water partition coefficient (Wildman–Crippen LogP) is 4.81. The average Bonchev–Trinajstić information content (AvgIpc) is 2.53. The Kier molecular flexibility index (Phi) is 5.15. The van der Waals surface area contributed by atoms with Gasteiger partial charge in [0.25, 0.3) is 0 Å². The second-order valence-corrected chi connectivity index (χ2v) is 5.71. The molecule has 4 nitrogen and oxygen atoms in total. The SMILES string of the molecule is CC(O)(C(=O)O)c1ccc(Oc2ccc(C(F)(F)F)cc2)cc1C(F)(F)F. The van der Waals surface area contributed by atoms with Gasteiger partial charge >= 0.3 is 18.3 Å². The molecule has 0 fully saturated rings. The maximum atomic E-state index is 13.3. The molecule has 1 unspecified atom stereocenters. The lowest BCUT2D eigenvalue weighted by Gasteiger charge is -2.23. The van der Waals surface area contributed by atoms with Crippen molar-refractivity contribution in [2.24, 2.45) is 0 Å². The number of benzene rings is 2. The van der Waals surface area contributed by atoms with Gasteiger partial charge in [0.1, 0.15) is 11.5 Å². The van der Waals surface area contributed by atoms with Crippen molar-refractivity contribution in [3.63, 3.8) is 0 Å². The summed E-state index contributed by atoms with van der Waals surface area (Å²) in [5.74, 6) is -2.44. The van der Waals surface area contributed by atoms with Crippen molar-refractivity contribution < 1.29 is 46.1 Å². The summed E-state index contributed by atoms with van der Waals surface area (Å²) in [5, 5.41) is 18.8. The van der Waals surface area contributed by atoms with Gasteiger partial charge in [-0.2, -0.15) is 26.3 Å². The average molecular weight is 394 g/mol. The molecule has 0 amide bonds. The molecule has 0 aromatic heterocycles. The van der Waals surface area contributed by atoms with Crippen LogP contribution in [-0.4, -0.2) is 16.2 Å². The highest BCUT2D eigenvalue weighted by atomic mass is 19.4. The second kappa shape index (κ2) is 6.76. The van der Waals surface area contributed by atoms with Gasteiger partial charge in [-0.15, -0.1) is 0 Å². The number of carboxylic acid groups (broad SMARTS) is 1. The zero-order chi connectivity index (χ0) is 20.6. The van der Waals surface area contributed by atoms with E-state index in [1.165, 1.54) is 0 Å². The van der Waals surface area contributed by atoms with E-state index in [0.717, 1.165) is 24.3 Å². The van der Waals surface area contributed by atoms with Gasteiger partial charge in [0, 0.05) is 5.56 Å². The van der Waals surface area contributed by atoms with Crippen LogP contribution in [0.5, 0.6) is 11.5 Å². The molecule has 2 N–H and O–H groups in total. The molecule has 2 aromatic carbocycles. The second-order valence-electron chi connectivity index (χ2n) is 5.71. The smallest absolute Gasteiger partial charge is 0.416 e. The van der Waals surface area contributed by atoms with Crippen LogP contribution in [0.4, 0.5) is 26.3 Å². The molecule has 0 radical (unpaired) electrons. The van der Waals surface area contributed by atoms with E-state index in [1.54, 1.807) is 0 Å². The van der Waals surface area contributed by atoms with Gasteiger partial charge in [-0.3, -0.25) is 0 Å². The van der Waals surface area contributed by atoms with Crippen molar-refractivity contribution in [3.05, 3.63) is 59.2 Å². The van der Waals surface area contributed by atoms with Crippen molar-refractivity contribution >= 4 is 5.97 Å². The molecule has 0 spiro atoms. The minimum atomic E-state index is -5.01. The molecular weight excluding hydrogens is 382 g/mol. The summed E-state index contributed by atoms with van der Waals surface area (Å²) in [7, 11) is 0. The minimum absolute atomic E-state index is 0.158. The molecule has 0 aliphatic heterocycles. The molecule has 0 saturated carbocycles. The van der Waals surface area contributed by atoms with Crippen molar-refractivity contribution in [2.75, 3.05) is 0 Å². The molecule has 2 rings (SSSR count). The molecule has 0 aliphatic carbocycles. The Bertz CT molecular complexity index is 838. The first-order valence-electron chi connectivity index (χ1n) is 7.25. The number of carbonyl (C=O) groups is 1. The third kappa shape index (κ3) is 4.51. The summed E-state index contributed by atoms with van der Waals surface area (Å²) in [6.07, 6.45) is -9.58. The third-order valence-corrected chi connectivity index (χ3v) is 3.65. The lowest BCUT2D eigenvalue weighted by atomic mass is 9.91. The fourth-order valence-corrected chi connectivity index (χ4v) is 2.21. The normalized spacial score (nSPS) is 14.5. The number of carboxylic acids is 1. The molecular formula is C17H12F6O4. The van der Waals surface area contributed by atoms with E-state index in [1.807, 2.05) is 0 Å². The van der Waals surface area contributed by atoms with Crippen molar-refractivity contribution in [3.8, 4) is 11.5 Å². The number of rotatable bonds is 4. The van der Waals surface area contributed by atoms with Crippen LogP contribution < -0.4 is 4.74 Å². The maximum absolute atomic E-state index is 13.3. The summed E-state index contributed by atoms with van der Waals surface area (Å²) >= 11 is 0. The summed E-state index contributed by atoms with van der Waals surface area (Å²) in [6, 6.07) is 5.42. The van der Waals surface area contributed by atoms with Gasteiger partial charge in [0.2, 0.25) is 0 Å². The molecule has 27 heavy (non-hydrogen) atoms. The van der Waals surface area contributed by atoms with Crippen LogP contribution in [0, 0.1) is 0 Å². The first-order chi connectivity index (χ1) is 12.2.